The lowest BCUT2D eigenvalue weighted by Crippen LogP contribution is -2.64. The molecule has 1 saturated heterocycles. The molecule has 0 radical (unpaired) electrons. The van der Waals surface area contributed by atoms with Crippen molar-refractivity contribution in [2.45, 2.75) is 45.3 Å². The quantitative estimate of drug-likeness (QED) is 0.618. The molecule has 120 valence electrons. The normalized spacial score (nSPS) is 20.4. The zero-order valence-electron chi connectivity index (χ0n) is 13.0. The van der Waals surface area contributed by atoms with E-state index in [2.05, 4.69) is 5.10 Å². The van der Waals surface area contributed by atoms with Gasteiger partial charge in [0.2, 0.25) is 0 Å². The summed E-state index contributed by atoms with van der Waals surface area (Å²) in [4.78, 5) is 23.9. The smallest absolute Gasteiger partial charge is 0.410 e. The first-order valence-electron chi connectivity index (χ1n) is 7.34. The molecule has 0 aromatic carbocycles. The fourth-order valence-corrected chi connectivity index (χ4v) is 3.23. The number of amides is 1. The third-order valence-corrected chi connectivity index (χ3v) is 4.21. The second-order valence-electron chi connectivity index (χ2n) is 7.33. The molecule has 1 aromatic heterocycles. The second kappa shape index (κ2) is 4.69. The van der Waals surface area contributed by atoms with Crippen LogP contribution in [0.5, 0.6) is 0 Å². The van der Waals surface area contributed by atoms with Crippen molar-refractivity contribution in [1.29, 1.82) is 0 Å². The van der Waals surface area contributed by atoms with Crippen LogP contribution < -0.4 is 0 Å². The molecule has 1 amide bonds. The van der Waals surface area contributed by atoms with Crippen molar-refractivity contribution in [3.8, 4) is 0 Å². The number of ether oxygens (including phenoxy) is 1. The van der Waals surface area contributed by atoms with Gasteiger partial charge >= 0.3 is 11.8 Å². The molecular formula is C14H20N4O4. The van der Waals surface area contributed by atoms with E-state index in [0.717, 1.165) is 12.8 Å². The Labute approximate surface area is 128 Å². The minimum absolute atomic E-state index is 0.0185. The molecular weight excluding hydrogens is 288 g/mol. The molecule has 2 fully saturated rings. The first kappa shape index (κ1) is 14.8. The summed E-state index contributed by atoms with van der Waals surface area (Å²) >= 11 is 0. The monoisotopic (exact) mass is 308 g/mol. The molecule has 2 aliphatic rings. The topological polar surface area (TPSA) is 90.5 Å². The van der Waals surface area contributed by atoms with Gasteiger partial charge in [-0.05, 0) is 33.6 Å². The van der Waals surface area contributed by atoms with E-state index in [1.165, 1.54) is 12.4 Å². The number of hydrogen-bond acceptors (Lipinski definition) is 5. The molecule has 8 heteroatoms. The van der Waals surface area contributed by atoms with E-state index in [1.807, 2.05) is 20.8 Å². The fourth-order valence-electron chi connectivity index (χ4n) is 3.23. The molecule has 2 heterocycles. The van der Waals surface area contributed by atoms with Crippen LogP contribution in [0.3, 0.4) is 0 Å². The highest BCUT2D eigenvalue weighted by atomic mass is 16.6. The van der Waals surface area contributed by atoms with Crippen LogP contribution >= 0.6 is 0 Å². The van der Waals surface area contributed by atoms with Crippen LogP contribution in [0.4, 0.5) is 10.5 Å². The Bertz CT molecular complexity index is 605. The lowest BCUT2D eigenvalue weighted by Gasteiger charge is -2.58. The van der Waals surface area contributed by atoms with Crippen molar-refractivity contribution in [3.63, 3.8) is 0 Å². The van der Waals surface area contributed by atoms with E-state index in [1.54, 1.807) is 9.58 Å². The first-order valence-corrected chi connectivity index (χ1v) is 7.34. The standard InChI is InChI=1S/C14H20N4O4/c1-13(2,3)22-12(19)16-8-14(9-16)4-10(5-14)17-7-11(6-15-17)18(20)21/h6-7,10H,4-5,8-9H2,1-3H3. The van der Waals surface area contributed by atoms with Crippen molar-refractivity contribution in [1.82, 2.24) is 14.7 Å². The van der Waals surface area contributed by atoms with Gasteiger partial charge in [-0.15, -0.1) is 0 Å². The van der Waals surface area contributed by atoms with E-state index < -0.39 is 10.5 Å². The summed E-state index contributed by atoms with van der Waals surface area (Å²) in [5.41, 5.74) is -0.317. The summed E-state index contributed by atoms with van der Waals surface area (Å²) in [7, 11) is 0. The van der Waals surface area contributed by atoms with E-state index in [4.69, 9.17) is 4.74 Å². The molecule has 1 aromatic rings. The van der Waals surface area contributed by atoms with Gasteiger partial charge in [0.15, 0.2) is 0 Å². The van der Waals surface area contributed by atoms with Gasteiger partial charge in [-0.2, -0.15) is 5.10 Å². The Hall–Kier alpha value is -2.12. The van der Waals surface area contributed by atoms with Gasteiger partial charge in [0.25, 0.3) is 0 Å². The van der Waals surface area contributed by atoms with Crippen LogP contribution in [0.2, 0.25) is 0 Å². The number of rotatable bonds is 2. The van der Waals surface area contributed by atoms with Crippen LogP contribution in [0.15, 0.2) is 12.4 Å². The van der Waals surface area contributed by atoms with Crippen molar-refractivity contribution in [2.24, 2.45) is 5.41 Å². The zero-order chi connectivity index (χ0) is 16.1. The van der Waals surface area contributed by atoms with Gasteiger partial charge in [0, 0.05) is 18.5 Å². The Kier molecular flexibility index (Phi) is 3.15. The van der Waals surface area contributed by atoms with Crippen molar-refractivity contribution >= 4 is 11.8 Å². The minimum Gasteiger partial charge on any atom is -0.444 e. The summed E-state index contributed by atoms with van der Waals surface area (Å²) in [6.45, 7) is 6.95. The number of aromatic nitrogens is 2. The molecule has 3 rings (SSSR count). The molecule has 1 aliphatic heterocycles. The molecule has 0 N–H and O–H groups in total. The second-order valence-corrected chi connectivity index (χ2v) is 7.33. The number of likely N-dealkylation sites (tertiary alicyclic amines) is 1. The van der Waals surface area contributed by atoms with Crippen LogP contribution in [-0.4, -0.2) is 44.4 Å². The molecule has 0 bridgehead atoms. The molecule has 1 aliphatic carbocycles. The lowest BCUT2D eigenvalue weighted by atomic mass is 9.61. The SMILES string of the molecule is CC(C)(C)OC(=O)N1CC2(CC(n3cc([N+](=O)[O-])cn3)C2)C1. The van der Waals surface area contributed by atoms with Crippen molar-refractivity contribution in [3.05, 3.63) is 22.5 Å². The molecule has 1 saturated carbocycles. The lowest BCUT2D eigenvalue weighted by molar-refractivity contribution is -0.385. The van der Waals surface area contributed by atoms with E-state index >= 15 is 0 Å². The molecule has 0 unspecified atom stereocenters. The van der Waals surface area contributed by atoms with Gasteiger partial charge in [0.1, 0.15) is 18.0 Å². The third-order valence-electron chi connectivity index (χ3n) is 4.21. The Morgan fingerprint density at radius 2 is 2.09 bits per heavy atom. The summed E-state index contributed by atoms with van der Waals surface area (Å²) in [6.07, 6.45) is 4.27. The van der Waals surface area contributed by atoms with Crippen LogP contribution in [0.25, 0.3) is 0 Å². The fraction of sp³-hybridized carbons (Fsp3) is 0.714. The van der Waals surface area contributed by atoms with Gasteiger partial charge in [-0.3, -0.25) is 14.8 Å². The van der Waals surface area contributed by atoms with E-state index in [0.29, 0.717) is 13.1 Å². The third kappa shape index (κ3) is 2.65. The van der Waals surface area contributed by atoms with Crippen LogP contribution in [0.1, 0.15) is 39.7 Å². The number of carbonyl (C=O) groups is 1. The largest absolute Gasteiger partial charge is 0.444 e. The maximum Gasteiger partial charge on any atom is 0.410 e. The zero-order valence-corrected chi connectivity index (χ0v) is 13.0. The van der Waals surface area contributed by atoms with E-state index in [9.17, 15) is 14.9 Å². The number of hydrogen-bond donors (Lipinski definition) is 0. The summed E-state index contributed by atoms with van der Waals surface area (Å²) in [5.74, 6) is 0. The van der Waals surface area contributed by atoms with Gasteiger partial charge in [-0.25, -0.2) is 4.79 Å². The summed E-state index contributed by atoms with van der Waals surface area (Å²) < 4.78 is 7.01. The minimum atomic E-state index is -0.476. The Morgan fingerprint density at radius 3 is 2.59 bits per heavy atom. The predicted molar refractivity (Wildman–Crippen MR) is 77.4 cm³/mol. The number of nitro groups is 1. The van der Waals surface area contributed by atoms with Crippen LogP contribution in [-0.2, 0) is 4.74 Å². The predicted octanol–water partition coefficient (Wildman–Crippen LogP) is 2.36. The van der Waals surface area contributed by atoms with Gasteiger partial charge in [0.05, 0.1) is 11.0 Å². The van der Waals surface area contributed by atoms with Gasteiger partial charge in [-0.1, -0.05) is 0 Å². The summed E-state index contributed by atoms with van der Waals surface area (Å²) in [5, 5.41) is 14.7. The maximum absolute atomic E-state index is 11.9. The Morgan fingerprint density at radius 1 is 1.45 bits per heavy atom. The maximum atomic E-state index is 11.9. The Balaban J connectivity index is 1.50. The summed E-state index contributed by atoms with van der Waals surface area (Å²) in [6, 6.07) is 0.189. The van der Waals surface area contributed by atoms with E-state index in [-0.39, 0.29) is 23.2 Å². The molecule has 22 heavy (non-hydrogen) atoms. The molecule has 0 atom stereocenters. The van der Waals surface area contributed by atoms with Crippen molar-refractivity contribution in [2.75, 3.05) is 13.1 Å². The van der Waals surface area contributed by atoms with Gasteiger partial charge < -0.3 is 9.64 Å². The number of carbonyl (C=O) groups excluding carboxylic acids is 1. The molecule has 1 spiro atoms. The van der Waals surface area contributed by atoms with Crippen LogP contribution in [0, 0.1) is 15.5 Å². The average molecular weight is 308 g/mol. The average Bonchev–Trinajstić information content (AvgIpc) is 2.71. The highest BCUT2D eigenvalue weighted by Gasteiger charge is 2.55. The highest BCUT2D eigenvalue weighted by molar-refractivity contribution is 5.69. The van der Waals surface area contributed by atoms with Crippen molar-refractivity contribution < 1.29 is 14.5 Å². The first-order chi connectivity index (χ1) is 10.2. The number of nitrogens with zero attached hydrogens (tertiary/aromatic N) is 4. The molecule has 8 nitrogen and oxygen atoms in total. The highest BCUT2D eigenvalue weighted by Crippen LogP contribution is 2.54.